The molecule has 3 rings (SSSR count). The minimum atomic E-state index is -0.301. The largest absolute Gasteiger partial charge is 0.351 e. The van der Waals surface area contributed by atoms with Gasteiger partial charge in [0.1, 0.15) is 0 Å². The van der Waals surface area contributed by atoms with Crippen LogP contribution in [0, 0.1) is 13.8 Å². The van der Waals surface area contributed by atoms with Crippen molar-refractivity contribution in [1.29, 1.82) is 0 Å². The molecule has 2 amide bonds. The van der Waals surface area contributed by atoms with Crippen LogP contribution in [0.25, 0.3) is 11.3 Å². The van der Waals surface area contributed by atoms with E-state index >= 15 is 0 Å². The van der Waals surface area contributed by atoms with Crippen LogP contribution >= 0.6 is 22.9 Å². The zero-order valence-corrected chi connectivity index (χ0v) is 17.2. The lowest BCUT2D eigenvalue weighted by Crippen LogP contribution is -2.27. The molecule has 0 saturated heterocycles. The molecule has 2 N–H and O–H groups in total. The van der Waals surface area contributed by atoms with Crippen molar-refractivity contribution in [1.82, 2.24) is 10.3 Å². The number of nitrogens with zero attached hydrogens (tertiary/aromatic N) is 1. The number of benzene rings is 2. The number of rotatable bonds is 6. The normalized spacial score (nSPS) is 10.5. The van der Waals surface area contributed by atoms with Gasteiger partial charge in [0.25, 0.3) is 5.91 Å². The van der Waals surface area contributed by atoms with E-state index < -0.39 is 0 Å². The zero-order valence-electron chi connectivity index (χ0n) is 15.6. The Morgan fingerprint density at radius 2 is 1.89 bits per heavy atom. The van der Waals surface area contributed by atoms with Crippen molar-refractivity contribution in [2.75, 3.05) is 11.9 Å². The van der Waals surface area contributed by atoms with Crippen LogP contribution in [-0.4, -0.2) is 23.3 Å². The highest BCUT2D eigenvalue weighted by atomic mass is 35.5. The maximum atomic E-state index is 12.1. The molecule has 0 unspecified atom stereocenters. The SMILES string of the molecule is Cc1ccc(-c2csc(NC(=O)CCNC(=O)c3ccccc3Cl)n2)cc1C. The van der Waals surface area contributed by atoms with Crippen LogP contribution in [0.4, 0.5) is 5.13 Å². The van der Waals surface area contributed by atoms with Gasteiger partial charge in [0.2, 0.25) is 5.91 Å². The summed E-state index contributed by atoms with van der Waals surface area (Å²) >= 11 is 7.37. The Hall–Kier alpha value is -2.70. The lowest BCUT2D eigenvalue weighted by Gasteiger charge is -2.06. The second kappa shape index (κ2) is 8.99. The second-order valence-corrected chi connectivity index (χ2v) is 7.64. The van der Waals surface area contributed by atoms with Crippen LogP contribution in [0.3, 0.4) is 0 Å². The highest BCUT2D eigenvalue weighted by Crippen LogP contribution is 2.26. The van der Waals surface area contributed by atoms with Gasteiger partial charge in [-0.05, 0) is 43.2 Å². The summed E-state index contributed by atoms with van der Waals surface area (Å²) in [5.41, 5.74) is 4.67. The number of aryl methyl sites for hydroxylation is 2. The Bertz CT molecular complexity index is 1020. The summed E-state index contributed by atoms with van der Waals surface area (Å²) in [5, 5.41) is 8.31. The standard InChI is InChI=1S/C21H20ClN3O2S/c1-13-7-8-15(11-14(13)2)18-12-28-21(24-18)25-19(26)9-10-23-20(27)16-5-3-4-6-17(16)22/h3-8,11-12H,9-10H2,1-2H3,(H,23,27)(H,24,25,26). The zero-order chi connectivity index (χ0) is 20.1. The third kappa shape index (κ3) is 4.97. The highest BCUT2D eigenvalue weighted by molar-refractivity contribution is 7.14. The van der Waals surface area contributed by atoms with Gasteiger partial charge in [0, 0.05) is 23.9 Å². The lowest BCUT2D eigenvalue weighted by molar-refractivity contribution is -0.116. The van der Waals surface area contributed by atoms with E-state index in [0.717, 1.165) is 11.3 Å². The molecule has 28 heavy (non-hydrogen) atoms. The van der Waals surface area contributed by atoms with Crippen molar-refractivity contribution in [2.45, 2.75) is 20.3 Å². The number of amides is 2. The van der Waals surface area contributed by atoms with E-state index in [1.54, 1.807) is 24.3 Å². The third-order valence-corrected chi connectivity index (χ3v) is 5.40. The van der Waals surface area contributed by atoms with Crippen LogP contribution < -0.4 is 10.6 Å². The summed E-state index contributed by atoms with van der Waals surface area (Å²) in [5.74, 6) is -0.509. The van der Waals surface area contributed by atoms with Crippen LogP contribution in [-0.2, 0) is 4.79 Å². The first-order valence-electron chi connectivity index (χ1n) is 8.80. The van der Waals surface area contributed by atoms with Crippen molar-refractivity contribution in [2.24, 2.45) is 0 Å². The molecule has 3 aromatic rings. The topological polar surface area (TPSA) is 71.1 Å². The molecule has 0 aliphatic rings. The molecule has 144 valence electrons. The Labute approximate surface area is 172 Å². The molecule has 0 fully saturated rings. The number of hydrogen-bond donors (Lipinski definition) is 2. The van der Waals surface area contributed by atoms with Gasteiger partial charge in [0.15, 0.2) is 5.13 Å². The lowest BCUT2D eigenvalue weighted by atomic mass is 10.1. The molecule has 0 saturated carbocycles. The molecule has 1 heterocycles. The monoisotopic (exact) mass is 413 g/mol. The fourth-order valence-corrected chi connectivity index (χ4v) is 3.53. The average molecular weight is 414 g/mol. The van der Waals surface area contributed by atoms with Gasteiger partial charge in [-0.1, -0.05) is 35.9 Å². The highest BCUT2D eigenvalue weighted by Gasteiger charge is 2.11. The first-order valence-corrected chi connectivity index (χ1v) is 10.1. The molecular formula is C21H20ClN3O2S. The Morgan fingerprint density at radius 1 is 1.11 bits per heavy atom. The maximum Gasteiger partial charge on any atom is 0.252 e. The van der Waals surface area contributed by atoms with E-state index in [4.69, 9.17) is 11.6 Å². The fraction of sp³-hybridized carbons (Fsp3) is 0.190. The summed E-state index contributed by atoms with van der Waals surface area (Å²) in [6, 6.07) is 13.0. The van der Waals surface area contributed by atoms with Crippen molar-refractivity contribution in [3.05, 3.63) is 69.6 Å². The van der Waals surface area contributed by atoms with Crippen molar-refractivity contribution in [3.63, 3.8) is 0 Å². The molecule has 0 radical (unpaired) electrons. The Balaban J connectivity index is 1.51. The first-order chi connectivity index (χ1) is 13.4. The molecule has 1 aromatic heterocycles. The number of aromatic nitrogens is 1. The summed E-state index contributed by atoms with van der Waals surface area (Å²) in [7, 11) is 0. The second-order valence-electron chi connectivity index (χ2n) is 6.37. The van der Waals surface area contributed by atoms with E-state index in [-0.39, 0.29) is 24.8 Å². The third-order valence-electron chi connectivity index (χ3n) is 4.31. The predicted molar refractivity (Wildman–Crippen MR) is 114 cm³/mol. The van der Waals surface area contributed by atoms with Gasteiger partial charge in [-0.2, -0.15) is 0 Å². The molecule has 0 atom stereocenters. The van der Waals surface area contributed by atoms with Gasteiger partial charge < -0.3 is 10.6 Å². The van der Waals surface area contributed by atoms with Crippen LogP contribution in [0.5, 0.6) is 0 Å². The van der Waals surface area contributed by atoms with E-state index in [0.29, 0.717) is 15.7 Å². The predicted octanol–water partition coefficient (Wildman–Crippen LogP) is 4.84. The molecule has 0 aliphatic carbocycles. The quantitative estimate of drug-likeness (QED) is 0.607. The van der Waals surface area contributed by atoms with E-state index in [1.165, 1.54) is 22.5 Å². The average Bonchev–Trinajstić information content (AvgIpc) is 3.12. The number of nitrogens with one attached hydrogen (secondary N) is 2. The number of carbonyl (C=O) groups is 2. The molecule has 2 aromatic carbocycles. The minimum absolute atomic E-state index is 0.148. The molecule has 5 nitrogen and oxygen atoms in total. The van der Waals surface area contributed by atoms with Gasteiger partial charge in [-0.15, -0.1) is 11.3 Å². The van der Waals surface area contributed by atoms with E-state index in [9.17, 15) is 9.59 Å². The molecule has 0 bridgehead atoms. The Morgan fingerprint density at radius 3 is 2.64 bits per heavy atom. The Kier molecular flexibility index (Phi) is 6.44. The van der Waals surface area contributed by atoms with Gasteiger partial charge in [-0.3, -0.25) is 9.59 Å². The number of hydrogen-bond acceptors (Lipinski definition) is 4. The van der Waals surface area contributed by atoms with Crippen molar-refractivity contribution in [3.8, 4) is 11.3 Å². The summed E-state index contributed by atoms with van der Waals surface area (Å²) in [6.07, 6.45) is 0.148. The summed E-state index contributed by atoms with van der Waals surface area (Å²) in [6.45, 7) is 4.34. The van der Waals surface area contributed by atoms with Crippen LogP contribution in [0.15, 0.2) is 47.8 Å². The fourth-order valence-electron chi connectivity index (χ4n) is 2.58. The van der Waals surface area contributed by atoms with Crippen LogP contribution in [0.2, 0.25) is 5.02 Å². The van der Waals surface area contributed by atoms with Gasteiger partial charge >= 0.3 is 0 Å². The number of thiazole rings is 1. The molecular weight excluding hydrogens is 394 g/mol. The van der Waals surface area contributed by atoms with Crippen molar-refractivity contribution >= 4 is 39.9 Å². The van der Waals surface area contributed by atoms with E-state index in [2.05, 4.69) is 41.6 Å². The number of halogens is 1. The number of carbonyl (C=O) groups excluding carboxylic acids is 2. The maximum absolute atomic E-state index is 12.1. The first kappa shape index (κ1) is 20.0. The number of anilines is 1. The van der Waals surface area contributed by atoms with Crippen LogP contribution in [0.1, 0.15) is 27.9 Å². The summed E-state index contributed by atoms with van der Waals surface area (Å²) in [4.78, 5) is 28.7. The molecule has 0 aliphatic heterocycles. The molecule has 7 heteroatoms. The minimum Gasteiger partial charge on any atom is -0.351 e. The smallest absolute Gasteiger partial charge is 0.252 e. The van der Waals surface area contributed by atoms with Gasteiger partial charge in [0.05, 0.1) is 16.3 Å². The summed E-state index contributed by atoms with van der Waals surface area (Å²) < 4.78 is 0. The van der Waals surface area contributed by atoms with Crippen molar-refractivity contribution < 1.29 is 9.59 Å². The van der Waals surface area contributed by atoms with Gasteiger partial charge in [-0.25, -0.2) is 4.98 Å². The van der Waals surface area contributed by atoms with E-state index in [1.807, 2.05) is 11.4 Å². The molecule has 0 spiro atoms.